The normalized spacial score (nSPS) is 11.1. The summed E-state index contributed by atoms with van der Waals surface area (Å²) in [6.07, 6.45) is 0. The van der Waals surface area contributed by atoms with Gasteiger partial charge in [-0.1, -0.05) is 30.3 Å². The molecule has 0 amide bonds. The van der Waals surface area contributed by atoms with Crippen LogP contribution in [0.15, 0.2) is 53.4 Å². The first kappa shape index (κ1) is 15.0. The summed E-state index contributed by atoms with van der Waals surface area (Å²) in [7, 11) is -2.62. The zero-order valence-corrected chi connectivity index (χ0v) is 12.4. The number of anilines is 1. The topological polar surface area (TPSA) is 80.5 Å². The summed E-state index contributed by atoms with van der Waals surface area (Å²) in [6, 6.07) is 12.3. The van der Waals surface area contributed by atoms with Gasteiger partial charge in [0, 0.05) is 13.1 Å². The van der Waals surface area contributed by atoms with Crippen molar-refractivity contribution in [3.05, 3.63) is 64.2 Å². The lowest BCUT2D eigenvalue weighted by molar-refractivity contribution is -0.387. The second kappa shape index (κ2) is 5.53. The van der Waals surface area contributed by atoms with Crippen LogP contribution in [0.5, 0.6) is 0 Å². The smallest absolute Gasteiger partial charge is 0.269 e. The molecule has 0 bridgehead atoms. The van der Waals surface area contributed by atoms with E-state index in [1.165, 1.54) is 31.3 Å². The quantitative estimate of drug-likeness (QED) is 0.642. The van der Waals surface area contributed by atoms with Crippen LogP contribution in [0, 0.1) is 17.0 Å². The molecule has 0 heterocycles. The van der Waals surface area contributed by atoms with Gasteiger partial charge in [0.25, 0.3) is 15.7 Å². The molecule has 0 saturated carbocycles. The Morgan fingerprint density at radius 3 is 2.24 bits per heavy atom. The second-order valence-corrected chi connectivity index (χ2v) is 6.42. The molecule has 0 spiro atoms. The monoisotopic (exact) mass is 306 g/mol. The molecule has 0 saturated heterocycles. The van der Waals surface area contributed by atoms with E-state index in [2.05, 4.69) is 0 Å². The van der Waals surface area contributed by atoms with Gasteiger partial charge in [0.05, 0.1) is 10.6 Å². The number of para-hydroxylation sites is 2. The first-order valence-electron chi connectivity index (χ1n) is 6.13. The Morgan fingerprint density at radius 2 is 1.62 bits per heavy atom. The number of benzene rings is 2. The number of hydrogen-bond acceptors (Lipinski definition) is 4. The van der Waals surface area contributed by atoms with Gasteiger partial charge in [0.2, 0.25) is 0 Å². The van der Waals surface area contributed by atoms with Crippen molar-refractivity contribution in [2.45, 2.75) is 11.8 Å². The summed E-state index contributed by atoms with van der Waals surface area (Å²) in [6.45, 7) is 1.78. The molecule has 0 aliphatic carbocycles. The zero-order valence-electron chi connectivity index (χ0n) is 11.6. The van der Waals surface area contributed by atoms with E-state index in [0.29, 0.717) is 5.69 Å². The molecular weight excluding hydrogens is 292 g/mol. The highest BCUT2D eigenvalue weighted by molar-refractivity contribution is 7.93. The minimum absolute atomic E-state index is 0.319. The highest BCUT2D eigenvalue weighted by Crippen LogP contribution is 2.29. The molecule has 0 N–H and O–H groups in total. The van der Waals surface area contributed by atoms with Gasteiger partial charge in [0.1, 0.15) is 0 Å². The van der Waals surface area contributed by atoms with Crippen LogP contribution in [0.2, 0.25) is 0 Å². The second-order valence-electron chi connectivity index (χ2n) is 4.48. The van der Waals surface area contributed by atoms with Crippen LogP contribution in [-0.4, -0.2) is 20.4 Å². The lowest BCUT2D eigenvalue weighted by atomic mass is 10.2. The van der Waals surface area contributed by atoms with Gasteiger partial charge < -0.3 is 0 Å². The molecule has 2 rings (SSSR count). The van der Waals surface area contributed by atoms with Crippen LogP contribution in [-0.2, 0) is 10.0 Å². The highest BCUT2D eigenvalue weighted by atomic mass is 32.2. The number of nitro groups is 1. The summed E-state index contributed by atoms with van der Waals surface area (Å²) >= 11 is 0. The van der Waals surface area contributed by atoms with Crippen LogP contribution in [0.25, 0.3) is 0 Å². The van der Waals surface area contributed by atoms with E-state index in [4.69, 9.17) is 0 Å². The van der Waals surface area contributed by atoms with E-state index in [9.17, 15) is 18.5 Å². The standard InChI is InChI=1S/C14H14N2O4S/c1-11-7-3-4-8-12(11)15(2)21(19,20)14-10-6-5-9-13(14)16(17)18/h3-10H,1-2H3. The first-order chi connectivity index (χ1) is 9.85. The van der Waals surface area contributed by atoms with Crippen molar-refractivity contribution >= 4 is 21.4 Å². The molecule has 0 fully saturated rings. The van der Waals surface area contributed by atoms with Gasteiger partial charge in [-0.15, -0.1) is 0 Å². The molecular formula is C14H14N2O4S. The Balaban J connectivity index is 2.58. The molecule has 0 aliphatic heterocycles. The van der Waals surface area contributed by atoms with Crippen LogP contribution in [0.3, 0.4) is 0 Å². The third kappa shape index (κ3) is 2.73. The minimum atomic E-state index is -4.00. The van der Waals surface area contributed by atoms with Crippen molar-refractivity contribution in [2.75, 3.05) is 11.4 Å². The number of hydrogen-bond donors (Lipinski definition) is 0. The fraction of sp³-hybridized carbons (Fsp3) is 0.143. The van der Waals surface area contributed by atoms with Crippen molar-refractivity contribution in [2.24, 2.45) is 0 Å². The van der Waals surface area contributed by atoms with E-state index in [1.807, 2.05) is 0 Å². The molecule has 7 heteroatoms. The van der Waals surface area contributed by atoms with E-state index in [1.54, 1.807) is 31.2 Å². The summed E-state index contributed by atoms with van der Waals surface area (Å²) in [5.41, 5.74) is 0.816. The van der Waals surface area contributed by atoms with Crippen molar-refractivity contribution in [1.82, 2.24) is 0 Å². The molecule has 110 valence electrons. The van der Waals surface area contributed by atoms with Gasteiger partial charge in [-0.25, -0.2) is 8.42 Å². The first-order valence-corrected chi connectivity index (χ1v) is 7.57. The number of nitrogens with zero attached hydrogens (tertiary/aromatic N) is 2. The average Bonchev–Trinajstić information content (AvgIpc) is 2.47. The maximum absolute atomic E-state index is 12.6. The predicted molar refractivity (Wildman–Crippen MR) is 79.9 cm³/mol. The molecule has 0 radical (unpaired) electrons. The maximum Gasteiger partial charge on any atom is 0.289 e. The fourth-order valence-electron chi connectivity index (χ4n) is 2.02. The third-order valence-electron chi connectivity index (χ3n) is 3.16. The Hall–Kier alpha value is -2.41. The van der Waals surface area contributed by atoms with E-state index < -0.39 is 20.6 Å². The van der Waals surface area contributed by atoms with Gasteiger partial charge in [-0.3, -0.25) is 14.4 Å². The van der Waals surface area contributed by atoms with E-state index in [0.717, 1.165) is 9.87 Å². The molecule has 0 unspecified atom stereocenters. The molecule has 2 aromatic rings. The predicted octanol–water partition coefficient (Wildman–Crippen LogP) is 2.73. The largest absolute Gasteiger partial charge is 0.289 e. The zero-order chi connectivity index (χ0) is 15.6. The highest BCUT2D eigenvalue weighted by Gasteiger charge is 2.29. The average molecular weight is 306 g/mol. The molecule has 6 nitrogen and oxygen atoms in total. The Bertz CT molecular complexity index is 787. The van der Waals surface area contributed by atoms with Crippen molar-refractivity contribution < 1.29 is 13.3 Å². The fourth-order valence-corrected chi connectivity index (χ4v) is 3.44. The van der Waals surface area contributed by atoms with Gasteiger partial charge in [0.15, 0.2) is 4.90 Å². The van der Waals surface area contributed by atoms with Crippen LogP contribution in [0.1, 0.15) is 5.56 Å². The van der Waals surface area contributed by atoms with Gasteiger partial charge in [-0.2, -0.15) is 0 Å². The Labute approximate surface area is 122 Å². The molecule has 0 aromatic heterocycles. The molecule has 2 aromatic carbocycles. The number of rotatable bonds is 4. The number of nitro benzene ring substituents is 1. The number of sulfonamides is 1. The van der Waals surface area contributed by atoms with Crippen molar-refractivity contribution in [1.29, 1.82) is 0 Å². The summed E-state index contributed by atoms with van der Waals surface area (Å²) in [5.74, 6) is 0. The van der Waals surface area contributed by atoms with E-state index >= 15 is 0 Å². The van der Waals surface area contributed by atoms with Gasteiger partial charge >= 0.3 is 0 Å². The van der Waals surface area contributed by atoms with Crippen LogP contribution >= 0.6 is 0 Å². The van der Waals surface area contributed by atoms with Crippen molar-refractivity contribution in [3.8, 4) is 0 Å². The van der Waals surface area contributed by atoms with Crippen LogP contribution < -0.4 is 4.31 Å². The lowest BCUT2D eigenvalue weighted by Gasteiger charge is -2.21. The molecule has 21 heavy (non-hydrogen) atoms. The van der Waals surface area contributed by atoms with Crippen LogP contribution in [0.4, 0.5) is 11.4 Å². The summed E-state index contributed by atoms with van der Waals surface area (Å²) < 4.78 is 26.3. The summed E-state index contributed by atoms with van der Waals surface area (Å²) in [4.78, 5) is 10.0. The lowest BCUT2D eigenvalue weighted by Crippen LogP contribution is -2.27. The summed E-state index contributed by atoms with van der Waals surface area (Å²) in [5, 5.41) is 11.0. The Kier molecular flexibility index (Phi) is 3.95. The molecule has 0 aliphatic rings. The van der Waals surface area contributed by atoms with E-state index in [-0.39, 0.29) is 4.90 Å². The maximum atomic E-state index is 12.6. The van der Waals surface area contributed by atoms with Gasteiger partial charge in [-0.05, 0) is 24.6 Å². The van der Waals surface area contributed by atoms with Crippen molar-refractivity contribution in [3.63, 3.8) is 0 Å². The molecule has 0 atom stereocenters. The minimum Gasteiger partial charge on any atom is -0.269 e. The third-order valence-corrected chi connectivity index (χ3v) is 4.97. The number of aryl methyl sites for hydroxylation is 1. The Morgan fingerprint density at radius 1 is 1.05 bits per heavy atom. The SMILES string of the molecule is Cc1ccccc1N(C)S(=O)(=O)c1ccccc1[N+](=O)[O-].